The molecule has 0 unspecified atom stereocenters. The van der Waals surface area contributed by atoms with Crippen molar-refractivity contribution in [2.24, 2.45) is 0 Å². The van der Waals surface area contributed by atoms with Gasteiger partial charge in [-0.05, 0) is 92.9 Å². The fraction of sp³-hybridized carbons (Fsp3) is 0.375. The summed E-state index contributed by atoms with van der Waals surface area (Å²) in [6, 6.07) is 18.7. The molecule has 4 rings (SSSR count). The van der Waals surface area contributed by atoms with Gasteiger partial charge in [-0.2, -0.15) is 0 Å². The fourth-order valence-electron chi connectivity index (χ4n) is 5.04. The molecule has 1 atom stereocenters. The molecule has 0 bridgehead atoms. The molecule has 9 nitrogen and oxygen atoms in total. The van der Waals surface area contributed by atoms with Gasteiger partial charge in [-0.15, -0.1) is 0 Å². The van der Waals surface area contributed by atoms with Gasteiger partial charge >= 0.3 is 0 Å². The number of ether oxygens (including phenoxy) is 2. The quantitative estimate of drug-likeness (QED) is 0.271. The lowest BCUT2D eigenvalue weighted by Gasteiger charge is -2.32. The van der Waals surface area contributed by atoms with Crippen LogP contribution in [0.2, 0.25) is 5.02 Å². The highest BCUT2D eigenvalue weighted by Gasteiger charge is 2.33. The minimum Gasteiger partial charge on any atom is -0.497 e. The van der Waals surface area contributed by atoms with Crippen LogP contribution in [0.4, 0.5) is 5.69 Å². The highest BCUT2D eigenvalue weighted by atomic mass is 35.5. The van der Waals surface area contributed by atoms with Crippen LogP contribution in [0.5, 0.6) is 11.5 Å². The minimum atomic E-state index is -4.20. The van der Waals surface area contributed by atoms with Crippen molar-refractivity contribution >= 4 is 39.1 Å². The molecule has 0 heterocycles. The van der Waals surface area contributed by atoms with Crippen LogP contribution in [-0.2, 0) is 26.2 Å². The Morgan fingerprint density at radius 2 is 1.56 bits per heavy atom. The zero-order chi connectivity index (χ0) is 31.0. The van der Waals surface area contributed by atoms with E-state index < -0.39 is 28.5 Å². The number of nitrogens with one attached hydrogen (secondary N) is 1. The van der Waals surface area contributed by atoms with Gasteiger partial charge in [-0.3, -0.25) is 13.9 Å². The van der Waals surface area contributed by atoms with E-state index in [2.05, 4.69) is 5.32 Å². The number of hydrogen-bond acceptors (Lipinski definition) is 6. The second-order valence-corrected chi connectivity index (χ2v) is 12.7. The van der Waals surface area contributed by atoms with Crippen molar-refractivity contribution < 1.29 is 27.5 Å². The molecule has 0 spiro atoms. The zero-order valence-corrected chi connectivity index (χ0v) is 26.2. The summed E-state index contributed by atoms with van der Waals surface area (Å²) in [6.45, 7) is 3.54. The SMILES string of the molecule is CCOc1ccc(N(CC(=O)N(Cc2ccc(OC)cc2)[C@H](C)C(=O)NC2CCCC2)S(=O)(=O)c2ccc(Cl)cc2)cc1. The maximum Gasteiger partial charge on any atom is 0.264 e. The van der Waals surface area contributed by atoms with Gasteiger partial charge in [0, 0.05) is 17.6 Å². The summed E-state index contributed by atoms with van der Waals surface area (Å²) in [6.07, 6.45) is 3.90. The fourth-order valence-corrected chi connectivity index (χ4v) is 6.58. The van der Waals surface area contributed by atoms with Crippen molar-refractivity contribution in [2.75, 3.05) is 24.6 Å². The highest BCUT2D eigenvalue weighted by Crippen LogP contribution is 2.28. The van der Waals surface area contributed by atoms with Crippen LogP contribution in [0.1, 0.15) is 45.1 Å². The highest BCUT2D eigenvalue weighted by molar-refractivity contribution is 7.92. The third-order valence-corrected chi connectivity index (χ3v) is 9.54. The summed E-state index contributed by atoms with van der Waals surface area (Å²) in [5, 5.41) is 3.46. The zero-order valence-electron chi connectivity index (χ0n) is 24.7. The molecule has 0 aromatic heterocycles. The molecule has 230 valence electrons. The molecule has 1 aliphatic carbocycles. The van der Waals surface area contributed by atoms with Crippen LogP contribution >= 0.6 is 11.6 Å². The van der Waals surface area contributed by atoms with E-state index in [1.807, 2.05) is 19.1 Å². The van der Waals surface area contributed by atoms with Crippen LogP contribution < -0.4 is 19.1 Å². The molecule has 0 saturated heterocycles. The second kappa shape index (κ2) is 14.6. The predicted octanol–water partition coefficient (Wildman–Crippen LogP) is 5.42. The Morgan fingerprint density at radius 3 is 2.14 bits per heavy atom. The lowest BCUT2D eigenvalue weighted by Crippen LogP contribution is -2.52. The standard InChI is InChI=1S/C32H38ClN3O6S/c1-4-42-29-17-13-27(14-18-29)36(43(39,40)30-19-11-25(33)12-20-30)22-31(37)35(21-24-9-15-28(41-3)16-10-24)23(2)32(38)34-26-7-5-6-8-26/h9-20,23,26H,4-8,21-22H2,1-3H3,(H,34,38)/t23-/m1/s1. The molecule has 1 fully saturated rings. The maximum atomic E-state index is 14.1. The number of rotatable bonds is 13. The average molecular weight is 628 g/mol. The number of anilines is 1. The van der Waals surface area contributed by atoms with Gasteiger partial charge in [0.25, 0.3) is 10.0 Å². The van der Waals surface area contributed by atoms with E-state index in [0.29, 0.717) is 23.1 Å². The molecule has 0 radical (unpaired) electrons. The third-order valence-electron chi connectivity index (χ3n) is 7.50. The number of amides is 2. The van der Waals surface area contributed by atoms with Crippen molar-refractivity contribution in [2.45, 2.75) is 63.1 Å². The van der Waals surface area contributed by atoms with Crippen LogP contribution in [0.3, 0.4) is 0 Å². The molecular weight excluding hydrogens is 590 g/mol. The van der Waals surface area contributed by atoms with E-state index in [1.165, 1.54) is 29.2 Å². The molecule has 2 amide bonds. The van der Waals surface area contributed by atoms with Crippen molar-refractivity contribution in [3.05, 3.63) is 83.4 Å². The number of halogens is 1. The van der Waals surface area contributed by atoms with Crippen LogP contribution in [0, 0.1) is 0 Å². The van der Waals surface area contributed by atoms with Gasteiger partial charge in [0.05, 0.1) is 24.3 Å². The topological polar surface area (TPSA) is 105 Å². The summed E-state index contributed by atoms with van der Waals surface area (Å²) in [5.74, 6) is 0.419. The average Bonchev–Trinajstić information content (AvgIpc) is 3.52. The first kappa shape index (κ1) is 32.2. The predicted molar refractivity (Wildman–Crippen MR) is 167 cm³/mol. The number of nitrogens with zero attached hydrogens (tertiary/aromatic N) is 2. The molecule has 1 saturated carbocycles. The molecule has 3 aromatic carbocycles. The number of carbonyl (C=O) groups is 2. The van der Waals surface area contributed by atoms with Gasteiger partial charge in [-0.25, -0.2) is 8.42 Å². The third kappa shape index (κ3) is 8.20. The minimum absolute atomic E-state index is 0.0210. The van der Waals surface area contributed by atoms with E-state index in [1.54, 1.807) is 50.4 Å². The van der Waals surface area contributed by atoms with Crippen molar-refractivity contribution in [1.29, 1.82) is 0 Å². The monoisotopic (exact) mass is 627 g/mol. The number of carbonyl (C=O) groups excluding carboxylic acids is 2. The van der Waals surface area contributed by atoms with Crippen molar-refractivity contribution in [3.8, 4) is 11.5 Å². The number of methoxy groups -OCH3 is 1. The van der Waals surface area contributed by atoms with Gasteiger partial charge in [0.1, 0.15) is 24.1 Å². The first-order chi connectivity index (χ1) is 20.6. The van der Waals surface area contributed by atoms with Gasteiger partial charge in [0.15, 0.2) is 0 Å². The van der Waals surface area contributed by atoms with Gasteiger partial charge in [-0.1, -0.05) is 36.6 Å². The first-order valence-electron chi connectivity index (χ1n) is 14.4. The Bertz CT molecular complexity index is 1470. The number of sulfonamides is 1. The summed E-state index contributed by atoms with van der Waals surface area (Å²) in [7, 11) is -2.64. The van der Waals surface area contributed by atoms with Gasteiger partial charge < -0.3 is 19.7 Å². The molecule has 0 aliphatic heterocycles. The Labute approximate surface area is 258 Å². The number of benzene rings is 3. The van der Waals surface area contributed by atoms with Crippen LogP contribution in [0.25, 0.3) is 0 Å². The maximum absolute atomic E-state index is 14.1. The van der Waals surface area contributed by atoms with E-state index >= 15 is 0 Å². The Balaban J connectivity index is 1.68. The largest absolute Gasteiger partial charge is 0.497 e. The summed E-state index contributed by atoms with van der Waals surface area (Å²) in [4.78, 5) is 28.9. The van der Waals surface area contributed by atoms with Crippen LogP contribution in [-0.4, -0.2) is 57.5 Å². The van der Waals surface area contributed by atoms with Gasteiger partial charge in [0.2, 0.25) is 11.8 Å². The summed E-state index contributed by atoms with van der Waals surface area (Å²) < 4.78 is 39.8. The van der Waals surface area contributed by atoms with E-state index in [-0.39, 0.29) is 29.1 Å². The number of hydrogen-bond donors (Lipinski definition) is 1. The molecule has 3 aromatic rings. The normalized spacial score (nSPS) is 14.1. The summed E-state index contributed by atoms with van der Waals surface area (Å²) in [5.41, 5.74) is 1.04. The molecule has 11 heteroatoms. The van der Waals surface area contributed by atoms with Crippen molar-refractivity contribution in [3.63, 3.8) is 0 Å². The second-order valence-electron chi connectivity index (χ2n) is 10.4. The lowest BCUT2D eigenvalue weighted by atomic mass is 10.1. The Kier molecular flexibility index (Phi) is 10.9. The summed E-state index contributed by atoms with van der Waals surface area (Å²) >= 11 is 6.02. The van der Waals surface area contributed by atoms with E-state index in [9.17, 15) is 18.0 Å². The van der Waals surface area contributed by atoms with Crippen LogP contribution in [0.15, 0.2) is 77.7 Å². The molecule has 1 aliphatic rings. The van der Waals surface area contributed by atoms with E-state index in [4.69, 9.17) is 21.1 Å². The first-order valence-corrected chi connectivity index (χ1v) is 16.2. The Morgan fingerprint density at radius 1 is 0.953 bits per heavy atom. The smallest absolute Gasteiger partial charge is 0.264 e. The van der Waals surface area contributed by atoms with Crippen molar-refractivity contribution in [1.82, 2.24) is 10.2 Å². The molecular formula is C32H38ClN3O6S. The Hall–Kier alpha value is -3.76. The molecule has 1 N–H and O–H groups in total. The molecule has 43 heavy (non-hydrogen) atoms. The van der Waals surface area contributed by atoms with E-state index in [0.717, 1.165) is 35.6 Å². The lowest BCUT2D eigenvalue weighted by molar-refractivity contribution is -0.139.